The van der Waals surface area contributed by atoms with Crippen LogP contribution in [0, 0.1) is 0 Å². The standard InChI is InChI=1S/C27H27N3O4/c28-23-8-6-20(19-4-2-1-3-5-19)17-24(23)29-27(31)26-18-21-16-22(7-9-25(21)34-26)33-15-12-30-10-13-32-14-11-30/h1-9,16-18H,10-15,28H2,(H,29,31). The molecule has 2 heterocycles. The van der Waals surface area contributed by atoms with E-state index in [0.29, 0.717) is 23.6 Å². The first kappa shape index (κ1) is 22.0. The molecule has 1 saturated heterocycles. The Morgan fingerprint density at radius 1 is 0.971 bits per heavy atom. The lowest BCUT2D eigenvalue weighted by molar-refractivity contribution is 0.0322. The Bertz CT molecular complexity index is 1280. The maximum absolute atomic E-state index is 12.9. The van der Waals surface area contributed by atoms with Gasteiger partial charge >= 0.3 is 0 Å². The summed E-state index contributed by atoms with van der Waals surface area (Å²) in [6.45, 7) is 4.85. The monoisotopic (exact) mass is 457 g/mol. The molecule has 3 aromatic carbocycles. The van der Waals surface area contributed by atoms with Crippen molar-refractivity contribution in [1.82, 2.24) is 4.90 Å². The van der Waals surface area contributed by atoms with Gasteiger partial charge in [0.15, 0.2) is 5.76 Å². The molecule has 4 aromatic rings. The number of hydrogen-bond acceptors (Lipinski definition) is 6. The Labute approximate surface area is 198 Å². The Kier molecular flexibility index (Phi) is 6.46. The number of rotatable bonds is 7. The molecule has 7 nitrogen and oxygen atoms in total. The summed E-state index contributed by atoms with van der Waals surface area (Å²) < 4.78 is 17.1. The van der Waals surface area contributed by atoms with Crippen molar-refractivity contribution in [3.05, 3.63) is 78.6 Å². The molecule has 0 bridgehead atoms. The number of amides is 1. The first-order valence-electron chi connectivity index (χ1n) is 11.4. The highest BCUT2D eigenvalue weighted by molar-refractivity contribution is 6.06. The molecular formula is C27H27N3O4. The molecule has 1 aromatic heterocycles. The van der Waals surface area contributed by atoms with E-state index in [9.17, 15) is 4.79 Å². The Balaban J connectivity index is 1.26. The highest BCUT2D eigenvalue weighted by atomic mass is 16.5. The van der Waals surface area contributed by atoms with E-state index >= 15 is 0 Å². The molecule has 174 valence electrons. The number of fused-ring (bicyclic) bond motifs is 1. The number of anilines is 2. The summed E-state index contributed by atoms with van der Waals surface area (Å²) in [7, 11) is 0. The lowest BCUT2D eigenvalue weighted by Crippen LogP contribution is -2.38. The summed E-state index contributed by atoms with van der Waals surface area (Å²) in [5, 5.41) is 3.68. The fourth-order valence-corrected chi connectivity index (χ4v) is 4.00. The third-order valence-corrected chi connectivity index (χ3v) is 5.90. The van der Waals surface area contributed by atoms with Crippen molar-refractivity contribution in [3.8, 4) is 16.9 Å². The number of furan rings is 1. The number of nitrogens with one attached hydrogen (secondary N) is 1. The molecule has 5 rings (SSSR count). The molecule has 3 N–H and O–H groups in total. The summed E-state index contributed by atoms with van der Waals surface area (Å²) >= 11 is 0. The smallest absolute Gasteiger partial charge is 0.291 e. The molecule has 0 saturated carbocycles. The average molecular weight is 458 g/mol. The molecule has 1 amide bonds. The van der Waals surface area contributed by atoms with Gasteiger partial charge in [0, 0.05) is 25.0 Å². The lowest BCUT2D eigenvalue weighted by atomic mass is 10.0. The number of benzene rings is 3. The molecule has 1 fully saturated rings. The molecule has 1 aliphatic heterocycles. The van der Waals surface area contributed by atoms with Crippen molar-refractivity contribution >= 4 is 28.3 Å². The van der Waals surface area contributed by atoms with Crippen molar-refractivity contribution in [1.29, 1.82) is 0 Å². The van der Waals surface area contributed by atoms with Gasteiger partial charge in [0.05, 0.1) is 24.6 Å². The van der Waals surface area contributed by atoms with Crippen LogP contribution in [-0.2, 0) is 4.74 Å². The van der Waals surface area contributed by atoms with E-state index in [2.05, 4.69) is 10.2 Å². The van der Waals surface area contributed by atoms with Gasteiger partial charge in [-0.2, -0.15) is 0 Å². The van der Waals surface area contributed by atoms with Crippen LogP contribution >= 0.6 is 0 Å². The molecular weight excluding hydrogens is 430 g/mol. The summed E-state index contributed by atoms with van der Waals surface area (Å²) in [6, 6.07) is 22.8. The van der Waals surface area contributed by atoms with E-state index in [1.54, 1.807) is 12.1 Å². The number of morpholine rings is 1. The van der Waals surface area contributed by atoms with Crippen molar-refractivity contribution in [2.75, 3.05) is 50.5 Å². The second kappa shape index (κ2) is 9.99. The van der Waals surface area contributed by atoms with Crippen LogP contribution in [0.15, 0.2) is 77.2 Å². The quantitative estimate of drug-likeness (QED) is 0.393. The summed E-state index contributed by atoms with van der Waals surface area (Å²) in [4.78, 5) is 15.2. The van der Waals surface area contributed by atoms with Gasteiger partial charge < -0.3 is 24.9 Å². The van der Waals surface area contributed by atoms with E-state index in [-0.39, 0.29) is 11.7 Å². The van der Waals surface area contributed by atoms with Crippen LogP contribution in [-0.4, -0.2) is 50.3 Å². The molecule has 34 heavy (non-hydrogen) atoms. The van der Waals surface area contributed by atoms with Gasteiger partial charge in [-0.3, -0.25) is 9.69 Å². The van der Waals surface area contributed by atoms with Gasteiger partial charge in [-0.15, -0.1) is 0 Å². The molecule has 0 spiro atoms. The zero-order valence-corrected chi connectivity index (χ0v) is 18.8. The van der Waals surface area contributed by atoms with E-state index in [1.165, 1.54) is 0 Å². The normalized spacial score (nSPS) is 14.2. The van der Waals surface area contributed by atoms with Gasteiger partial charge in [0.25, 0.3) is 5.91 Å². The minimum atomic E-state index is -0.358. The van der Waals surface area contributed by atoms with Crippen LogP contribution in [0.3, 0.4) is 0 Å². The highest BCUT2D eigenvalue weighted by Crippen LogP contribution is 2.29. The van der Waals surface area contributed by atoms with E-state index in [0.717, 1.165) is 55.1 Å². The SMILES string of the molecule is Nc1ccc(-c2ccccc2)cc1NC(=O)c1cc2cc(OCCN3CCOCC3)ccc2o1. The lowest BCUT2D eigenvalue weighted by Gasteiger charge is -2.26. The van der Waals surface area contributed by atoms with Crippen molar-refractivity contribution < 1.29 is 18.7 Å². The molecule has 0 atom stereocenters. The Morgan fingerprint density at radius 2 is 1.79 bits per heavy atom. The van der Waals surface area contributed by atoms with E-state index < -0.39 is 0 Å². The number of nitrogen functional groups attached to an aromatic ring is 1. The van der Waals surface area contributed by atoms with Gasteiger partial charge in [0.1, 0.15) is 17.9 Å². The predicted octanol–water partition coefficient (Wildman–Crippen LogP) is 4.65. The average Bonchev–Trinajstić information content (AvgIpc) is 3.30. The zero-order chi connectivity index (χ0) is 23.3. The van der Waals surface area contributed by atoms with E-state index in [4.69, 9.17) is 19.6 Å². The second-order valence-electron chi connectivity index (χ2n) is 8.23. The fourth-order valence-electron chi connectivity index (χ4n) is 4.00. The van der Waals surface area contributed by atoms with Gasteiger partial charge in [0.2, 0.25) is 0 Å². The second-order valence-corrected chi connectivity index (χ2v) is 8.23. The van der Waals surface area contributed by atoms with Crippen LogP contribution in [0.1, 0.15) is 10.6 Å². The van der Waals surface area contributed by atoms with Crippen LogP contribution in [0.4, 0.5) is 11.4 Å². The van der Waals surface area contributed by atoms with Gasteiger partial charge in [-0.25, -0.2) is 0 Å². The molecule has 0 radical (unpaired) electrons. The number of hydrogen-bond donors (Lipinski definition) is 2. The molecule has 0 aliphatic carbocycles. The summed E-state index contributed by atoms with van der Waals surface area (Å²) in [5.74, 6) is 0.598. The van der Waals surface area contributed by atoms with Crippen molar-refractivity contribution in [3.63, 3.8) is 0 Å². The maximum Gasteiger partial charge on any atom is 0.291 e. The molecule has 0 unspecified atom stereocenters. The largest absolute Gasteiger partial charge is 0.492 e. The van der Waals surface area contributed by atoms with Crippen LogP contribution in [0.25, 0.3) is 22.1 Å². The Morgan fingerprint density at radius 3 is 2.62 bits per heavy atom. The summed E-state index contributed by atoms with van der Waals surface area (Å²) in [5.41, 5.74) is 9.78. The van der Waals surface area contributed by atoms with Gasteiger partial charge in [-0.1, -0.05) is 36.4 Å². The topological polar surface area (TPSA) is 90.0 Å². The number of carbonyl (C=O) groups is 1. The zero-order valence-electron chi connectivity index (χ0n) is 18.8. The van der Waals surface area contributed by atoms with Gasteiger partial charge in [-0.05, 0) is 47.5 Å². The van der Waals surface area contributed by atoms with Crippen LogP contribution in [0.5, 0.6) is 5.75 Å². The van der Waals surface area contributed by atoms with Crippen LogP contribution < -0.4 is 15.8 Å². The Hall–Kier alpha value is -3.81. The number of ether oxygens (including phenoxy) is 2. The van der Waals surface area contributed by atoms with Crippen molar-refractivity contribution in [2.45, 2.75) is 0 Å². The number of nitrogens with zero attached hydrogens (tertiary/aromatic N) is 1. The number of carbonyl (C=O) groups excluding carboxylic acids is 1. The predicted molar refractivity (Wildman–Crippen MR) is 133 cm³/mol. The first-order valence-corrected chi connectivity index (χ1v) is 11.4. The van der Waals surface area contributed by atoms with Crippen LogP contribution in [0.2, 0.25) is 0 Å². The number of nitrogens with two attached hydrogens (primary N) is 1. The summed E-state index contributed by atoms with van der Waals surface area (Å²) in [6.07, 6.45) is 0. The molecule has 1 aliphatic rings. The highest BCUT2D eigenvalue weighted by Gasteiger charge is 2.15. The third-order valence-electron chi connectivity index (χ3n) is 5.90. The maximum atomic E-state index is 12.9. The van der Waals surface area contributed by atoms with E-state index in [1.807, 2.05) is 60.7 Å². The molecule has 7 heteroatoms. The fraction of sp³-hybridized carbons (Fsp3) is 0.222. The van der Waals surface area contributed by atoms with Crippen molar-refractivity contribution in [2.24, 2.45) is 0 Å². The third kappa shape index (κ3) is 5.06. The minimum absolute atomic E-state index is 0.213. The first-order chi connectivity index (χ1) is 16.7. The minimum Gasteiger partial charge on any atom is -0.492 e.